The lowest BCUT2D eigenvalue weighted by Gasteiger charge is -2.17. The minimum Gasteiger partial charge on any atom is -0.503 e. The van der Waals surface area contributed by atoms with Crippen LogP contribution in [0.25, 0.3) is 0 Å². The summed E-state index contributed by atoms with van der Waals surface area (Å²) in [5.41, 5.74) is 1.05. The molecule has 0 aliphatic carbocycles. The highest BCUT2D eigenvalue weighted by Crippen LogP contribution is 2.36. The number of H-pyrrole nitrogens is 1. The topological polar surface area (TPSA) is 147 Å². The number of nitrogens with zero attached hydrogens (tertiary/aromatic N) is 2. The van der Waals surface area contributed by atoms with Crippen molar-refractivity contribution in [2.45, 2.75) is 38.1 Å². The Bertz CT molecular complexity index is 1230. The molecule has 1 saturated heterocycles. The second kappa shape index (κ2) is 8.12. The van der Waals surface area contributed by atoms with Crippen LogP contribution in [0, 0.1) is 18.8 Å². The highest BCUT2D eigenvalue weighted by atomic mass is 32.2. The molecule has 0 unspecified atom stereocenters. The fourth-order valence-electron chi connectivity index (χ4n) is 3.44. The summed E-state index contributed by atoms with van der Waals surface area (Å²) in [6.45, 7) is 4.88. The molecule has 1 aliphatic rings. The zero-order chi connectivity index (χ0) is 22.2. The molecule has 3 heterocycles. The van der Waals surface area contributed by atoms with Gasteiger partial charge in [0.1, 0.15) is 22.1 Å². The Labute approximate surface area is 178 Å². The summed E-state index contributed by atoms with van der Waals surface area (Å²) < 4.78 is 37.6. The Balaban J connectivity index is 1.59. The number of anilines is 3. The van der Waals surface area contributed by atoms with Crippen molar-refractivity contribution in [2.24, 2.45) is 0 Å². The van der Waals surface area contributed by atoms with Crippen LogP contribution in [0.5, 0.6) is 5.75 Å². The van der Waals surface area contributed by atoms with Crippen LogP contribution < -0.4 is 15.2 Å². The number of hydrogen-bond acceptors (Lipinski definition) is 8. The Hall–Kier alpha value is -3.25. The van der Waals surface area contributed by atoms with Gasteiger partial charge in [-0.1, -0.05) is 11.2 Å². The molecule has 31 heavy (non-hydrogen) atoms. The number of benzene rings is 1. The van der Waals surface area contributed by atoms with Crippen molar-refractivity contribution < 1.29 is 27.2 Å². The van der Waals surface area contributed by atoms with E-state index in [0.717, 1.165) is 24.2 Å². The fraction of sp³-hybridized carbons (Fsp3) is 0.368. The highest BCUT2D eigenvalue weighted by molar-refractivity contribution is 7.89. The van der Waals surface area contributed by atoms with Crippen molar-refractivity contribution in [1.29, 1.82) is 0 Å². The SMILES string of the molecule is Cc1cc(CNc2[nH]o[n+](=O)c2Nc2cccc(S(=O)(=O)N3CCCC3)c2O)oc1C. The number of aryl methyl sites for hydroxylation is 2. The monoisotopic (exact) mass is 450 g/mol. The lowest BCUT2D eigenvalue weighted by molar-refractivity contribution is -0.701. The molecule has 1 aromatic carbocycles. The number of aromatic nitrogens is 2. The molecule has 4 N–H and O–H groups in total. The second-order valence-corrected chi connectivity index (χ2v) is 9.27. The van der Waals surface area contributed by atoms with E-state index in [1.807, 2.05) is 19.9 Å². The minimum absolute atomic E-state index is 0.0485. The Morgan fingerprint density at radius 3 is 2.68 bits per heavy atom. The van der Waals surface area contributed by atoms with E-state index in [1.165, 1.54) is 22.5 Å². The zero-order valence-electron chi connectivity index (χ0n) is 17.1. The standard InChI is InChI=1S/C19H23N5O6S/c1-12-10-14(29-13(12)2)11-20-18-19(24(26)30-22-18)21-15-6-5-7-16(17(15)25)31(27,28)23-8-3-4-9-23/h5-7,10,21H,3-4,8-9,11H2,1-2H3,(H2-,20,22,25,26)/p+1. The number of para-hydroxylation sites is 1. The first-order valence-electron chi connectivity index (χ1n) is 9.81. The van der Waals surface area contributed by atoms with Gasteiger partial charge < -0.3 is 14.8 Å². The molecule has 0 saturated carbocycles. The molecule has 0 atom stereocenters. The number of sulfonamides is 1. The van der Waals surface area contributed by atoms with Crippen LogP contribution >= 0.6 is 0 Å². The van der Waals surface area contributed by atoms with Gasteiger partial charge in [-0.25, -0.2) is 8.42 Å². The summed E-state index contributed by atoms with van der Waals surface area (Å²) in [6, 6.07) is 6.17. The first-order valence-corrected chi connectivity index (χ1v) is 11.2. The Morgan fingerprint density at radius 1 is 1.26 bits per heavy atom. The summed E-state index contributed by atoms with van der Waals surface area (Å²) in [4.78, 5) is 11.9. The van der Waals surface area contributed by atoms with Crippen molar-refractivity contribution >= 4 is 27.3 Å². The van der Waals surface area contributed by atoms with Crippen LogP contribution in [0.15, 0.2) is 38.2 Å². The largest absolute Gasteiger partial charge is 0.503 e. The van der Waals surface area contributed by atoms with E-state index in [1.54, 1.807) is 0 Å². The van der Waals surface area contributed by atoms with Gasteiger partial charge in [0, 0.05) is 13.1 Å². The molecular weight excluding hydrogens is 426 g/mol. The number of aromatic amines is 1. The van der Waals surface area contributed by atoms with Crippen molar-refractivity contribution in [3.05, 3.63) is 46.3 Å². The minimum atomic E-state index is -3.84. The zero-order valence-corrected chi connectivity index (χ0v) is 18.0. The molecule has 0 radical (unpaired) electrons. The third-order valence-electron chi connectivity index (χ3n) is 5.24. The molecule has 166 valence electrons. The van der Waals surface area contributed by atoms with Gasteiger partial charge in [-0.05, 0) is 55.4 Å². The van der Waals surface area contributed by atoms with E-state index < -0.39 is 15.8 Å². The Kier molecular flexibility index (Phi) is 5.50. The third kappa shape index (κ3) is 4.03. The molecular formula is C19H24N5O6S+. The van der Waals surface area contributed by atoms with E-state index >= 15 is 0 Å². The maximum Gasteiger partial charge on any atom is 0.371 e. The average Bonchev–Trinajstić information content (AvgIpc) is 3.45. The molecule has 12 heteroatoms. The highest BCUT2D eigenvalue weighted by Gasteiger charge is 2.31. The lowest BCUT2D eigenvalue weighted by Crippen LogP contribution is -2.28. The molecule has 0 bridgehead atoms. The van der Waals surface area contributed by atoms with E-state index in [4.69, 9.17) is 9.05 Å². The van der Waals surface area contributed by atoms with Gasteiger partial charge in [-0.3, -0.25) is 5.32 Å². The van der Waals surface area contributed by atoms with E-state index in [0.29, 0.717) is 18.8 Å². The van der Waals surface area contributed by atoms with Crippen molar-refractivity contribution in [2.75, 3.05) is 23.7 Å². The van der Waals surface area contributed by atoms with Gasteiger partial charge in [0.15, 0.2) is 10.3 Å². The van der Waals surface area contributed by atoms with Gasteiger partial charge in [0.05, 0.1) is 6.54 Å². The first kappa shape index (κ1) is 21.0. The van der Waals surface area contributed by atoms with Crippen molar-refractivity contribution in [1.82, 2.24) is 9.46 Å². The van der Waals surface area contributed by atoms with Crippen molar-refractivity contribution in [3.63, 3.8) is 0 Å². The van der Waals surface area contributed by atoms with E-state index in [-0.39, 0.29) is 33.4 Å². The number of rotatable bonds is 7. The normalized spacial score (nSPS) is 14.8. The van der Waals surface area contributed by atoms with E-state index in [9.17, 15) is 18.4 Å². The van der Waals surface area contributed by atoms with Crippen LogP contribution in [0.2, 0.25) is 0 Å². The molecule has 11 nitrogen and oxygen atoms in total. The van der Waals surface area contributed by atoms with Gasteiger partial charge in [0.2, 0.25) is 10.0 Å². The molecule has 4 rings (SSSR count). The number of phenolic OH excluding ortho intramolecular Hbond substituents is 1. The molecule has 2 aromatic heterocycles. The maximum absolute atomic E-state index is 12.9. The summed E-state index contributed by atoms with van der Waals surface area (Å²) in [7, 11) is -3.84. The molecule has 1 fully saturated rings. The van der Waals surface area contributed by atoms with Crippen LogP contribution in [0.1, 0.15) is 29.9 Å². The lowest BCUT2D eigenvalue weighted by atomic mass is 10.3. The average molecular weight is 450 g/mol. The van der Waals surface area contributed by atoms with Gasteiger partial charge in [-0.15, -0.1) is 4.63 Å². The second-order valence-electron chi connectivity index (χ2n) is 7.37. The van der Waals surface area contributed by atoms with Gasteiger partial charge in [-0.2, -0.15) is 4.31 Å². The van der Waals surface area contributed by atoms with Crippen LogP contribution in [-0.2, 0) is 16.6 Å². The van der Waals surface area contributed by atoms with Crippen molar-refractivity contribution in [3.8, 4) is 5.75 Å². The predicted octanol–water partition coefficient (Wildman–Crippen LogP) is 2.58. The molecule has 0 amide bonds. The maximum atomic E-state index is 12.9. The summed E-state index contributed by atoms with van der Waals surface area (Å²) in [6.07, 6.45) is 1.56. The number of furan rings is 1. The quantitative estimate of drug-likeness (QED) is 0.402. The summed E-state index contributed by atoms with van der Waals surface area (Å²) in [5.74, 6) is 1.11. The first-order chi connectivity index (χ1) is 14.8. The fourth-order valence-corrected chi connectivity index (χ4v) is 5.06. The predicted molar refractivity (Wildman–Crippen MR) is 111 cm³/mol. The smallest absolute Gasteiger partial charge is 0.371 e. The number of hydrogen-bond donors (Lipinski definition) is 4. The molecule has 3 aromatic rings. The van der Waals surface area contributed by atoms with Crippen LogP contribution in [0.3, 0.4) is 0 Å². The van der Waals surface area contributed by atoms with Crippen LogP contribution in [0.4, 0.5) is 17.3 Å². The molecule has 0 spiro atoms. The van der Waals surface area contributed by atoms with Crippen LogP contribution in [-0.4, -0.2) is 36.1 Å². The molecule has 1 aliphatic heterocycles. The van der Waals surface area contributed by atoms with Gasteiger partial charge in [0.25, 0.3) is 5.82 Å². The Morgan fingerprint density at radius 2 is 2.00 bits per heavy atom. The van der Waals surface area contributed by atoms with E-state index in [2.05, 4.69) is 15.8 Å². The number of nitrogens with one attached hydrogen (secondary N) is 3. The number of phenols is 1. The van der Waals surface area contributed by atoms with Gasteiger partial charge >= 0.3 is 5.82 Å². The number of aromatic hydroxyl groups is 1. The summed E-state index contributed by atoms with van der Waals surface area (Å²) in [5, 5.41) is 18.8. The summed E-state index contributed by atoms with van der Waals surface area (Å²) >= 11 is 0. The third-order valence-corrected chi connectivity index (χ3v) is 7.17.